The number of aromatic nitrogens is 2. The Morgan fingerprint density at radius 3 is 2.25 bits per heavy atom. The van der Waals surface area contributed by atoms with Crippen LogP contribution in [0.4, 0.5) is 0 Å². The number of carbonyl (C=O) groups excluding carboxylic acids is 2. The lowest BCUT2D eigenvalue weighted by molar-refractivity contribution is 0.0950. The summed E-state index contributed by atoms with van der Waals surface area (Å²) in [4.78, 5) is 34.1. The fourth-order valence-corrected chi connectivity index (χ4v) is 1.97. The number of nitrogens with zero attached hydrogens (tertiary/aromatic N) is 3. The van der Waals surface area contributed by atoms with Gasteiger partial charge in [-0.3, -0.25) is 19.6 Å². The van der Waals surface area contributed by atoms with Crippen molar-refractivity contribution in [1.82, 2.24) is 25.5 Å². The van der Waals surface area contributed by atoms with Crippen molar-refractivity contribution >= 4 is 11.8 Å². The predicted molar refractivity (Wildman–Crippen MR) is 90.5 cm³/mol. The van der Waals surface area contributed by atoms with Gasteiger partial charge in [0.05, 0.1) is 11.1 Å². The standard InChI is InChI=1S/C17H21N5O2/c1-22(2)8-7-20-16(23)14-9-15(12-19-11-14)17(24)21-10-13-3-5-18-6-4-13/h3-6,9,11-12H,7-8,10H2,1-2H3,(H,20,23)(H,21,24). The van der Waals surface area contributed by atoms with Crippen LogP contribution < -0.4 is 10.6 Å². The van der Waals surface area contributed by atoms with Gasteiger partial charge < -0.3 is 15.5 Å². The first-order valence-corrected chi connectivity index (χ1v) is 7.61. The molecule has 7 nitrogen and oxygen atoms in total. The summed E-state index contributed by atoms with van der Waals surface area (Å²) in [6, 6.07) is 5.19. The van der Waals surface area contributed by atoms with Gasteiger partial charge in [0.2, 0.25) is 0 Å². The van der Waals surface area contributed by atoms with Crippen LogP contribution >= 0.6 is 0 Å². The molecule has 0 aliphatic heterocycles. The molecular formula is C17H21N5O2. The zero-order chi connectivity index (χ0) is 17.4. The molecule has 2 rings (SSSR count). The summed E-state index contributed by atoms with van der Waals surface area (Å²) in [5, 5.41) is 5.59. The molecule has 2 aromatic heterocycles. The number of rotatable bonds is 7. The SMILES string of the molecule is CN(C)CCNC(=O)c1cncc(C(=O)NCc2ccncc2)c1. The minimum atomic E-state index is -0.276. The van der Waals surface area contributed by atoms with Crippen LogP contribution in [0.25, 0.3) is 0 Å². The Hall–Kier alpha value is -2.80. The van der Waals surface area contributed by atoms with Gasteiger partial charge in [0, 0.05) is 44.4 Å². The predicted octanol–water partition coefficient (Wildman–Crippen LogP) is 0.698. The summed E-state index contributed by atoms with van der Waals surface area (Å²) in [6.45, 7) is 1.66. The van der Waals surface area contributed by atoms with Crippen molar-refractivity contribution in [3.63, 3.8) is 0 Å². The molecule has 24 heavy (non-hydrogen) atoms. The fraction of sp³-hybridized carbons (Fsp3) is 0.294. The highest BCUT2D eigenvalue weighted by atomic mass is 16.2. The molecule has 126 valence electrons. The molecular weight excluding hydrogens is 306 g/mol. The van der Waals surface area contributed by atoms with Gasteiger partial charge in [-0.2, -0.15) is 0 Å². The summed E-state index contributed by atoms with van der Waals surface area (Å²) in [6.07, 6.45) is 6.23. The van der Waals surface area contributed by atoms with Gasteiger partial charge in [0.15, 0.2) is 0 Å². The molecule has 2 heterocycles. The van der Waals surface area contributed by atoms with E-state index in [2.05, 4.69) is 20.6 Å². The summed E-state index contributed by atoms with van der Waals surface area (Å²) < 4.78 is 0. The van der Waals surface area contributed by atoms with Gasteiger partial charge in [-0.1, -0.05) is 0 Å². The Bertz CT molecular complexity index is 688. The maximum atomic E-state index is 12.2. The molecule has 0 aromatic carbocycles. The number of nitrogens with one attached hydrogen (secondary N) is 2. The molecule has 0 bridgehead atoms. The minimum Gasteiger partial charge on any atom is -0.351 e. The van der Waals surface area contributed by atoms with Crippen molar-refractivity contribution < 1.29 is 9.59 Å². The monoisotopic (exact) mass is 327 g/mol. The lowest BCUT2D eigenvalue weighted by atomic mass is 10.2. The van der Waals surface area contributed by atoms with Crippen LogP contribution in [0.15, 0.2) is 43.0 Å². The Labute approximate surface area is 141 Å². The topological polar surface area (TPSA) is 87.2 Å². The summed E-state index contributed by atoms with van der Waals surface area (Å²) in [7, 11) is 3.86. The third-order valence-corrected chi connectivity index (χ3v) is 3.31. The third kappa shape index (κ3) is 5.44. The quantitative estimate of drug-likeness (QED) is 0.781. The molecule has 0 atom stereocenters. The van der Waals surface area contributed by atoms with Gasteiger partial charge in [0.1, 0.15) is 0 Å². The normalized spacial score (nSPS) is 10.5. The zero-order valence-electron chi connectivity index (χ0n) is 13.8. The average molecular weight is 327 g/mol. The lowest BCUT2D eigenvalue weighted by Crippen LogP contribution is -2.31. The van der Waals surface area contributed by atoms with Crippen LogP contribution in [0, 0.1) is 0 Å². The van der Waals surface area contributed by atoms with E-state index in [9.17, 15) is 9.59 Å². The summed E-state index contributed by atoms with van der Waals surface area (Å²) in [5.41, 5.74) is 1.67. The van der Waals surface area contributed by atoms with Gasteiger partial charge >= 0.3 is 0 Å². The Kier molecular flexibility index (Phi) is 6.39. The molecule has 0 radical (unpaired) electrons. The molecule has 0 saturated carbocycles. The first-order chi connectivity index (χ1) is 11.6. The Morgan fingerprint density at radius 2 is 1.62 bits per heavy atom. The van der Waals surface area contributed by atoms with E-state index in [0.29, 0.717) is 24.2 Å². The van der Waals surface area contributed by atoms with Crippen molar-refractivity contribution in [2.24, 2.45) is 0 Å². The molecule has 0 aliphatic rings. The number of amides is 2. The van der Waals surface area contributed by atoms with Crippen LogP contribution in [0.2, 0.25) is 0 Å². The fourth-order valence-electron chi connectivity index (χ4n) is 1.97. The zero-order valence-corrected chi connectivity index (χ0v) is 13.8. The van der Waals surface area contributed by atoms with E-state index in [4.69, 9.17) is 0 Å². The highest BCUT2D eigenvalue weighted by Gasteiger charge is 2.11. The number of hydrogen-bond acceptors (Lipinski definition) is 5. The first kappa shape index (κ1) is 17.6. The minimum absolute atomic E-state index is 0.242. The molecule has 0 saturated heterocycles. The molecule has 2 amide bonds. The van der Waals surface area contributed by atoms with Crippen molar-refractivity contribution in [3.05, 3.63) is 59.7 Å². The van der Waals surface area contributed by atoms with E-state index in [1.165, 1.54) is 12.4 Å². The molecule has 0 aliphatic carbocycles. The van der Waals surface area contributed by atoms with E-state index in [1.54, 1.807) is 18.5 Å². The maximum Gasteiger partial charge on any atom is 0.253 e. The lowest BCUT2D eigenvalue weighted by Gasteiger charge is -2.10. The molecule has 2 aromatic rings. The molecule has 7 heteroatoms. The van der Waals surface area contributed by atoms with E-state index in [-0.39, 0.29) is 11.8 Å². The maximum absolute atomic E-state index is 12.2. The summed E-state index contributed by atoms with van der Waals surface area (Å²) in [5.74, 6) is -0.518. The summed E-state index contributed by atoms with van der Waals surface area (Å²) >= 11 is 0. The first-order valence-electron chi connectivity index (χ1n) is 7.61. The van der Waals surface area contributed by atoms with E-state index >= 15 is 0 Å². The average Bonchev–Trinajstić information content (AvgIpc) is 2.60. The number of likely N-dealkylation sites (N-methyl/N-ethyl adjacent to an activating group) is 1. The molecule has 0 spiro atoms. The van der Waals surface area contributed by atoms with Crippen molar-refractivity contribution in [3.8, 4) is 0 Å². The molecule has 2 N–H and O–H groups in total. The van der Waals surface area contributed by atoms with E-state index in [0.717, 1.165) is 12.1 Å². The van der Waals surface area contributed by atoms with Crippen LogP contribution in [0.1, 0.15) is 26.3 Å². The highest BCUT2D eigenvalue weighted by molar-refractivity contribution is 5.99. The third-order valence-electron chi connectivity index (χ3n) is 3.31. The van der Waals surface area contributed by atoms with Crippen LogP contribution in [-0.2, 0) is 6.54 Å². The van der Waals surface area contributed by atoms with Gasteiger partial charge in [-0.05, 0) is 37.9 Å². The highest BCUT2D eigenvalue weighted by Crippen LogP contribution is 2.04. The van der Waals surface area contributed by atoms with Crippen molar-refractivity contribution in [2.45, 2.75) is 6.54 Å². The second kappa shape index (κ2) is 8.73. The van der Waals surface area contributed by atoms with Gasteiger partial charge in [0.25, 0.3) is 11.8 Å². The second-order valence-corrected chi connectivity index (χ2v) is 5.56. The second-order valence-electron chi connectivity index (χ2n) is 5.56. The molecule has 0 fully saturated rings. The molecule has 0 unspecified atom stereocenters. The van der Waals surface area contributed by atoms with Crippen LogP contribution in [0.5, 0.6) is 0 Å². The van der Waals surface area contributed by atoms with Crippen molar-refractivity contribution in [1.29, 1.82) is 0 Å². The number of carbonyl (C=O) groups is 2. The van der Waals surface area contributed by atoms with Gasteiger partial charge in [-0.15, -0.1) is 0 Å². The Morgan fingerprint density at radius 1 is 1.00 bits per heavy atom. The number of hydrogen-bond donors (Lipinski definition) is 2. The van der Waals surface area contributed by atoms with Crippen molar-refractivity contribution in [2.75, 3.05) is 27.2 Å². The van der Waals surface area contributed by atoms with Crippen LogP contribution in [0.3, 0.4) is 0 Å². The van der Waals surface area contributed by atoms with E-state index in [1.807, 2.05) is 31.1 Å². The Balaban J connectivity index is 1.93. The number of pyridine rings is 2. The largest absolute Gasteiger partial charge is 0.351 e. The smallest absolute Gasteiger partial charge is 0.253 e. The van der Waals surface area contributed by atoms with E-state index < -0.39 is 0 Å². The van der Waals surface area contributed by atoms with Crippen LogP contribution in [-0.4, -0.2) is 53.9 Å². The van der Waals surface area contributed by atoms with Gasteiger partial charge in [-0.25, -0.2) is 0 Å².